The van der Waals surface area contributed by atoms with Gasteiger partial charge in [0.15, 0.2) is 0 Å². The monoisotopic (exact) mass is 314 g/mol. The Morgan fingerprint density at radius 1 is 1.50 bits per heavy atom. The Morgan fingerprint density at radius 2 is 2.28 bits per heavy atom. The van der Waals surface area contributed by atoms with E-state index in [1.165, 1.54) is 18.9 Å². The second-order valence-electron chi connectivity index (χ2n) is 5.13. The Balaban J connectivity index is 2.14. The second-order valence-corrected chi connectivity index (χ2v) is 6.04. The Morgan fingerprint density at radius 3 is 3.00 bits per heavy atom. The lowest BCUT2D eigenvalue weighted by molar-refractivity contribution is 0.0979. The number of nitrogens with two attached hydrogens (primary N) is 1. The van der Waals surface area contributed by atoms with Crippen LogP contribution in [0.5, 0.6) is 0 Å². The molecule has 0 radical (unpaired) electrons. The molecule has 0 aromatic heterocycles. The van der Waals surface area contributed by atoms with Crippen LogP contribution in [0.15, 0.2) is 22.7 Å². The normalized spacial score (nSPS) is 25.3. The zero-order chi connectivity index (χ0) is 13.1. The topological polar surface area (TPSA) is 29.3 Å². The molecule has 0 aliphatic carbocycles. The minimum absolute atomic E-state index is 0.132. The maximum atomic E-state index is 13.8. The van der Waals surface area contributed by atoms with Gasteiger partial charge in [-0.05, 0) is 43.5 Å². The van der Waals surface area contributed by atoms with E-state index in [1.54, 1.807) is 6.07 Å². The van der Waals surface area contributed by atoms with Crippen LogP contribution in [-0.2, 0) is 6.54 Å². The summed E-state index contributed by atoms with van der Waals surface area (Å²) in [6, 6.07) is 5.49. The predicted octanol–water partition coefficient (Wildman–Crippen LogP) is 3.15. The molecule has 0 amide bonds. The molecule has 2 nitrogen and oxygen atoms in total. The van der Waals surface area contributed by atoms with Gasteiger partial charge >= 0.3 is 0 Å². The van der Waals surface area contributed by atoms with Crippen molar-refractivity contribution >= 4 is 15.9 Å². The summed E-state index contributed by atoms with van der Waals surface area (Å²) in [6.45, 7) is 4.55. The minimum Gasteiger partial charge on any atom is -0.329 e. The van der Waals surface area contributed by atoms with Crippen molar-refractivity contribution in [3.05, 3.63) is 34.1 Å². The van der Waals surface area contributed by atoms with Crippen molar-refractivity contribution in [1.82, 2.24) is 4.90 Å². The lowest BCUT2D eigenvalue weighted by atomic mass is 9.90. The molecule has 2 rings (SSSR count). The summed E-state index contributed by atoms with van der Waals surface area (Å²) in [5, 5.41) is 0. The van der Waals surface area contributed by atoms with Gasteiger partial charge in [-0.15, -0.1) is 0 Å². The number of halogens is 2. The van der Waals surface area contributed by atoms with Crippen LogP contribution in [0.3, 0.4) is 0 Å². The first-order chi connectivity index (χ1) is 8.61. The third-order valence-corrected chi connectivity index (χ3v) is 4.35. The van der Waals surface area contributed by atoms with Gasteiger partial charge in [0.2, 0.25) is 0 Å². The quantitative estimate of drug-likeness (QED) is 0.928. The van der Waals surface area contributed by atoms with E-state index in [0.29, 0.717) is 25.0 Å². The first-order valence-corrected chi connectivity index (χ1v) is 7.29. The van der Waals surface area contributed by atoms with Crippen LogP contribution in [-0.4, -0.2) is 24.0 Å². The van der Waals surface area contributed by atoms with Gasteiger partial charge in [-0.25, -0.2) is 4.39 Å². The second kappa shape index (κ2) is 6.13. The van der Waals surface area contributed by atoms with Crippen LogP contribution in [0, 0.1) is 11.7 Å². The average Bonchev–Trinajstić information content (AvgIpc) is 2.34. The fourth-order valence-electron chi connectivity index (χ4n) is 2.80. The molecule has 1 saturated heterocycles. The molecule has 100 valence electrons. The van der Waals surface area contributed by atoms with E-state index in [-0.39, 0.29) is 5.82 Å². The molecule has 0 spiro atoms. The maximum Gasteiger partial charge on any atom is 0.127 e. The Bertz CT molecular complexity index is 411. The third-order valence-electron chi connectivity index (χ3n) is 3.85. The summed E-state index contributed by atoms with van der Waals surface area (Å²) in [5.41, 5.74) is 6.61. The molecule has 4 heteroatoms. The van der Waals surface area contributed by atoms with E-state index >= 15 is 0 Å². The van der Waals surface area contributed by atoms with Gasteiger partial charge in [0.1, 0.15) is 5.82 Å². The minimum atomic E-state index is -0.132. The van der Waals surface area contributed by atoms with Crippen LogP contribution < -0.4 is 5.73 Å². The fourth-order valence-corrected chi connectivity index (χ4v) is 3.20. The molecule has 1 aromatic rings. The van der Waals surface area contributed by atoms with Crippen molar-refractivity contribution in [1.29, 1.82) is 0 Å². The van der Waals surface area contributed by atoms with E-state index in [0.717, 1.165) is 16.6 Å². The van der Waals surface area contributed by atoms with E-state index in [4.69, 9.17) is 5.73 Å². The highest BCUT2D eigenvalue weighted by Gasteiger charge is 2.27. The molecule has 1 fully saturated rings. The predicted molar refractivity (Wildman–Crippen MR) is 75.8 cm³/mol. The van der Waals surface area contributed by atoms with Crippen molar-refractivity contribution in [2.45, 2.75) is 32.4 Å². The summed E-state index contributed by atoms with van der Waals surface area (Å²) in [5.74, 6) is 0.464. The van der Waals surface area contributed by atoms with Crippen molar-refractivity contribution in [2.75, 3.05) is 13.1 Å². The summed E-state index contributed by atoms with van der Waals surface area (Å²) >= 11 is 3.40. The van der Waals surface area contributed by atoms with Crippen LogP contribution in [0.25, 0.3) is 0 Å². The molecule has 0 saturated carbocycles. The molecule has 0 bridgehead atoms. The molecule has 1 aliphatic rings. The Kier molecular flexibility index (Phi) is 4.76. The number of hydrogen-bond acceptors (Lipinski definition) is 2. The summed E-state index contributed by atoms with van der Waals surface area (Å²) < 4.78 is 14.7. The molecule has 2 N–H and O–H groups in total. The van der Waals surface area contributed by atoms with E-state index in [9.17, 15) is 4.39 Å². The highest BCUT2D eigenvalue weighted by atomic mass is 79.9. The number of rotatable bonds is 3. The number of benzene rings is 1. The highest BCUT2D eigenvalue weighted by molar-refractivity contribution is 9.10. The number of likely N-dealkylation sites (tertiary alicyclic amines) is 1. The van der Waals surface area contributed by atoms with Crippen molar-refractivity contribution in [2.24, 2.45) is 11.7 Å². The van der Waals surface area contributed by atoms with Gasteiger partial charge in [-0.2, -0.15) is 0 Å². The lowest BCUT2D eigenvalue weighted by Crippen LogP contribution is -2.48. The summed E-state index contributed by atoms with van der Waals surface area (Å²) in [6.07, 6.45) is 2.40. The first-order valence-electron chi connectivity index (χ1n) is 6.50. The molecular weight excluding hydrogens is 295 g/mol. The highest BCUT2D eigenvalue weighted by Crippen LogP contribution is 2.25. The zero-order valence-corrected chi connectivity index (χ0v) is 12.3. The summed E-state index contributed by atoms with van der Waals surface area (Å²) in [7, 11) is 0. The third kappa shape index (κ3) is 3.11. The maximum absolute atomic E-state index is 13.8. The number of piperidine rings is 1. The molecule has 1 aliphatic heterocycles. The standard InChI is InChI=1S/C14H20BrFN2/c1-10-3-2-6-18(14(10)8-17)9-11-7-12(15)4-5-13(11)16/h4-5,7,10,14H,2-3,6,8-9,17H2,1H3. The van der Waals surface area contributed by atoms with Gasteiger partial charge in [0, 0.05) is 29.2 Å². The largest absolute Gasteiger partial charge is 0.329 e. The van der Waals surface area contributed by atoms with Crippen molar-refractivity contribution in [3.63, 3.8) is 0 Å². The molecule has 1 aromatic carbocycles. The van der Waals surface area contributed by atoms with Gasteiger partial charge in [0.25, 0.3) is 0 Å². The van der Waals surface area contributed by atoms with E-state index in [1.807, 2.05) is 6.07 Å². The van der Waals surface area contributed by atoms with Crippen molar-refractivity contribution < 1.29 is 4.39 Å². The molecule has 18 heavy (non-hydrogen) atoms. The molecule has 2 atom stereocenters. The molecule has 1 heterocycles. The van der Waals surface area contributed by atoms with E-state index < -0.39 is 0 Å². The van der Waals surface area contributed by atoms with Crippen LogP contribution in [0.1, 0.15) is 25.3 Å². The summed E-state index contributed by atoms with van der Waals surface area (Å²) in [4.78, 5) is 2.32. The van der Waals surface area contributed by atoms with Crippen molar-refractivity contribution in [3.8, 4) is 0 Å². The fraction of sp³-hybridized carbons (Fsp3) is 0.571. The number of hydrogen-bond donors (Lipinski definition) is 1. The average molecular weight is 315 g/mol. The Hall–Kier alpha value is -0.450. The number of nitrogens with zero attached hydrogens (tertiary/aromatic N) is 1. The molecule has 2 unspecified atom stereocenters. The smallest absolute Gasteiger partial charge is 0.127 e. The zero-order valence-electron chi connectivity index (χ0n) is 10.7. The Labute approximate surface area is 116 Å². The van der Waals surface area contributed by atoms with Crippen LogP contribution >= 0.6 is 15.9 Å². The van der Waals surface area contributed by atoms with E-state index in [2.05, 4.69) is 27.8 Å². The van der Waals surface area contributed by atoms with Crippen LogP contribution in [0.2, 0.25) is 0 Å². The van der Waals surface area contributed by atoms with Gasteiger partial charge < -0.3 is 5.73 Å². The lowest BCUT2D eigenvalue weighted by Gasteiger charge is -2.39. The van der Waals surface area contributed by atoms with Crippen LogP contribution in [0.4, 0.5) is 4.39 Å². The molecular formula is C14H20BrFN2. The van der Waals surface area contributed by atoms with Gasteiger partial charge in [-0.3, -0.25) is 4.90 Å². The first kappa shape index (κ1) is 14.0. The van der Waals surface area contributed by atoms with Gasteiger partial charge in [0.05, 0.1) is 0 Å². The van der Waals surface area contributed by atoms with Gasteiger partial charge in [-0.1, -0.05) is 22.9 Å². The SMILES string of the molecule is CC1CCCN(Cc2cc(Br)ccc2F)C1CN.